The van der Waals surface area contributed by atoms with E-state index in [9.17, 15) is 8.78 Å². The first kappa shape index (κ1) is 7.96. The Morgan fingerprint density at radius 1 is 1.10 bits per heavy atom. The Labute approximate surface area is 60.6 Å². The number of hydrogen-bond donors (Lipinski definition) is 0. The predicted octanol–water partition coefficient (Wildman–Crippen LogP) is 3.08. The molecule has 0 saturated heterocycles. The van der Waals surface area contributed by atoms with Crippen molar-refractivity contribution in [2.24, 2.45) is 11.8 Å². The molecule has 10 heavy (non-hydrogen) atoms. The molecule has 1 rings (SSSR count). The lowest BCUT2D eigenvalue weighted by Gasteiger charge is -2.34. The quantitative estimate of drug-likeness (QED) is 0.495. The van der Waals surface area contributed by atoms with Gasteiger partial charge in [-0.05, 0) is 12.8 Å². The molecule has 0 unspecified atom stereocenters. The zero-order chi connectivity index (χ0) is 7.78. The van der Waals surface area contributed by atoms with Crippen molar-refractivity contribution in [1.29, 1.82) is 0 Å². The van der Waals surface area contributed by atoms with Gasteiger partial charge in [-0.3, -0.25) is 0 Å². The first-order chi connectivity index (χ1) is 4.55. The molecule has 0 radical (unpaired) electrons. The largest absolute Gasteiger partial charge is 0.253 e. The van der Waals surface area contributed by atoms with E-state index in [1.165, 1.54) is 0 Å². The second kappa shape index (κ2) is 2.48. The molecule has 2 heteroatoms. The van der Waals surface area contributed by atoms with Gasteiger partial charge in [0.15, 0.2) is 0 Å². The summed E-state index contributed by atoms with van der Waals surface area (Å²) >= 11 is 0. The van der Waals surface area contributed by atoms with Gasteiger partial charge in [-0.25, -0.2) is 8.78 Å². The Bertz CT molecular complexity index is 108. The van der Waals surface area contributed by atoms with Gasteiger partial charge in [0.25, 0.3) is 5.92 Å². The van der Waals surface area contributed by atoms with Gasteiger partial charge in [0.2, 0.25) is 0 Å². The second-order valence-corrected chi connectivity index (χ2v) is 3.41. The van der Waals surface area contributed by atoms with Gasteiger partial charge in [-0.2, -0.15) is 0 Å². The van der Waals surface area contributed by atoms with Crippen molar-refractivity contribution in [2.45, 2.75) is 39.0 Å². The van der Waals surface area contributed by atoms with E-state index < -0.39 is 17.8 Å². The normalized spacial score (nSPS) is 39.6. The molecular weight excluding hydrogens is 134 g/mol. The topological polar surface area (TPSA) is 0 Å². The summed E-state index contributed by atoms with van der Waals surface area (Å²) in [5.74, 6) is -3.22. The van der Waals surface area contributed by atoms with Crippen LogP contribution in [0, 0.1) is 11.8 Å². The van der Waals surface area contributed by atoms with Crippen LogP contribution in [0.3, 0.4) is 0 Å². The molecule has 0 bridgehead atoms. The second-order valence-electron chi connectivity index (χ2n) is 3.41. The monoisotopic (exact) mass is 148 g/mol. The Morgan fingerprint density at radius 2 is 1.50 bits per heavy atom. The van der Waals surface area contributed by atoms with Gasteiger partial charge in [-0.15, -0.1) is 0 Å². The van der Waals surface area contributed by atoms with Crippen molar-refractivity contribution >= 4 is 0 Å². The lowest BCUT2D eigenvalue weighted by atomic mass is 9.80. The molecule has 0 aromatic heterocycles. The molecule has 1 fully saturated rings. The van der Waals surface area contributed by atoms with Crippen LogP contribution in [0.15, 0.2) is 0 Å². The SMILES string of the molecule is C[C@H]1CCC[C@H](C)C1(F)F. The molecule has 0 spiro atoms. The summed E-state index contributed by atoms with van der Waals surface area (Å²) in [5, 5.41) is 0. The van der Waals surface area contributed by atoms with Crippen LogP contribution in [0.2, 0.25) is 0 Å². The van der Waals surface area contributed by atoms with Gasteiger partial charge in [-0.1, -0.05) is 20.3 Å². The third-order valence-electron chi connectivity index (χ3n) is 2.59. The highest BCUT2D eigenvalue weighted by molar-refractivity contribution is 4.83. The summed E-state index contributed by atoms with van der Waals surface area (Å²) in [6.45, 7) is 3.30. The number of alkyl halides is 2. The smallest absolute Gasteiger partial charge is 0.206 e. The fourth-order valence-electron chi connectivity index (χ4n) is 1.60. The Kier molecular flexibility index (Phi) is 1.97. The minimum atomic E-state index is -2.40. The van der Waals surface area contributed by atoms with Gasteiger partial charge in [0.05, 0.1) is 0 Å². The zero-order valence-electron chi connectivity index (χ0n) is 6.53. The van der Waals surface area contributed by atoms with Gasteiger partial charge in [0, 0.05) is 11.8 Å². The van der Waals surface area contributed by atoms with Gasteiger partial charge in [0.1, 0.15) is 0 Å². The fraction of sp³-hybridized carbons (Fsp3) is 1.00. The first-order valence-electron chi connectivity index (χ1n) is 3.93. The molecule has 0 nitrogen and oxygen atoms in total. The molecule has 1 aliphatic rings. The van der Waals surface area contributed by atoms with E-state index in [2.05, 4.69) is 0 Å². The molecule has 1 saturated carbocycles. The summed E-state index contributed by atoms with van der Waals surface area (Å²) in [5.41, 5.74) is 0. The maximum absolute atomic E-state index is 13.0. The average molecular weight is 148 g/mol. The zero-order valence-corrected chi connectivity index (χ0v) is 6.53. The van der Waals surface area contributed by atoms with Crippen LogP contribution in [0.5, 0.6) is 0 Å². The molecule has 1 aliphatic carbocycles. The lowest BCUT2D eigenvalue weighted by molar-refractivity contribution is -0.119. The summed E-state index contributed by atoms with van der Waals surface area (Å²) in [6.07, 6.45) is 2.35. The highest BCUT2D eigenvalue weighted by Gasteiger charge is 2.44. The Hall–Kier alpha value is -0.140. The number of rotatable bonds is 0. The van der Waals surface area contributed by atoms with Crippen LogP contribution in [0.1, 0.15) is 33.1 Å². The van der Waals surface area contributed by atoms with Crippen LogP contribution in [0.4, 0.5) is 8.78 Å². The van der Waals surface area contributed by atoms with Crippen LogP contribution in [-0.2, 0) is 0 Å². The Balaban J connectivity index is 2.63. The molecule has 0 heterocycles. The summed E-state index contributed by atoms with van der Waals surface area (Å²) < 4.78 is 26.0. The fourth-order valence-corrected chi connectivity index (χ4v) is 1.60. The van der Waals surface area contributed by atoms with Gasteiger partial charge < -0.3 is 0 Å². The van der Waals surface area contributed by atoms with Crippen molar-refractivity contribution in [2.75, 3.05) is 0 Å². The highest BCUT2D eigenvalue weighted by Crippen LogP contribution is 2.41. The molecule has 0 N–H and O–H groups in total. The number of halogens is 2. The van der Waals surface area contributed by atoms with E-state index in [0.29, 0.717) is 12.8 Å². The summed E-state index contributed by atoms with van der Waals surface area (Å²) in [7, 11) is 0. The molecule has 0 amide bonds. The van der Waals surface area contributed by atoms with Crippen LogP contribution < -0.4 is 0 Å². The standard InChI is InChI=1S/C8H14F2/c1-6-4-3-5-7(2)8(6,9)10/h6-7H,3-5H2,1-2H3/t6-,7-/m0/s1. The third kappa shape index (κ3) is 1.16. The molecule has 60 valence electrons. The van der Waals surface area contributed by atoms with Crippen molar-refractivity contribution in [3.05, 3.63) is 0 Å². The average Bonchev–Trinajstić information content (AvgIpc) is 1.84. The van der Waals surface area contributed by atoms with Crippen LogP contribution >= 0.6 is 0 Å². The first-order valence-corrected chi connectivity index (χ1v) is 3.93. The van der Waals surface area contributed by atoms with E-state index in [0.717, 1.165) is 6.42 Å². The summed E-state index contributed by atoms with van der Waals surface area (Å²) in [4.78, 5) is 0. The van der Waals surface area contributed by atoms with E-state index in [1.54, 1.807) is 13.8 Å². The van der Waals surface area contributed by atoms with Gasteiger partial charge >= 0.3 is 0 Å². The maximum atomic E-state index is 13.0. The van der Waals surface area contributed by atoms with Crippen LogP contribution in [0.25, 0.3) is 0 Å². The van der Waals surface area contributed by atoms with Crippen molar-refractivity contribution in [3.8, 4) is 0 Å². The van der Waals surface area contributed by atoms with Crippen molar-refractivity contribution in [1.82, 2.24) is 0 Å². The predicted molar refractivity (Wildman–Crippen MR) is 37.1 cm³/mol. The van der Waals surface area contributed by atoms with Crippen LogP contribution in [-0.4, -0.2) is 5.92 Å². The van der Waals surface area contributed by atoms with Crippen molar-refractivity contribution < 1.29 is 8.78 Å². The van der Waals surface area contributed by atoms with Crippen molar-refractivity contribution in [3.63, 3.8) is 0 Å². The minimum Gasteiger partial charge on any atom is -0.206 e. The number of hydrogen-bond acceptors (Lipinski definition) is 0. The lowest BCUT2D eigenvalue weighted by Crippen LogP contribution is -2.37. The molecule has 0 aliphatic heterocycles. The van der Waals surface area contributed by atoms with E-state index in [1.807, 2.05) is 0 Å². The molecule has 0 aromatic carbocycles. The van der Waals surface area contributed by atoms with E-state index in [-0.39, 0.29) is 0 Å². The molecule has 2 atom stereocenters. The Morgan fingerprint density at radius 3 is 1.80 bits per heavy atom. The highest BCUT2D eigenvalue weighted by atomic mass is 19.3. The minimum absolute atomic E-state index is 0.406. The molecular formula is C8H14F2. The van der Waals surface area contributed by atoms with E-state index >= 15 is 0 Å². The molecule has 0 aromatic rings. The third-order valence-corrected chi connectivity index (χ3v) is 2.59. The van der Waals surface area contributed by atoms with E-state index in [4.69, 9.17) is 0 Å². The maximum Gasteiger partial charge on any atom is 0.253 e. The summed E-state index contributed by atoms with van der Waals surface area (Å²) in [6, 6.07) is 0.